The van der Waals surface area contributed by atoms with Crippen molar-refractivity contribution in [2.75, 3.05) is 7.11 Å². The first-order chi connectivity index (χ1) is 18.0. The second kappa shape index (κ2) is 11.9. The molecule has 7 heteroatoms. The molecule has 0 unspecified atom stereocenters. The van der Waals surface area contributed by atoms with Crippen LogP contribution in [0.5, 0.6) is 0 Å². The number of nitrogens with zero attached hydrogens (tertiary/aromatic N) is 2. The maximum absolute atomic E-state index is 13.0. The van der Waals surface area contributed by atoms with Crippen molar-refractivity contribution in [3.63, 3.8) is 0 Å². The lowest BCUT2D eigenvalue weighted by Crippen LogP contribution is -2.52. The van der Waals surface area contributed by atoms with Crippen LogP contribution in [0.1, 0.15) is 28.8 Å². The van der Waals surface area contributed by atoms with Crippen LogP contribution in [-0.2, 0) is 15.1 Å². The Morgan fingerprint density at radius 1 is 0.919 bits per heavy atom. The Morgan fingerprint density at radius 2 is 1.43 bits per heavy atom. The zero-order chi connectivity index (χ0) is 26.1. The zero-order valence-electron chi connectivity index (χ0n) is 20.4. The van der Waals surface area contributed by atoms with E-state index in [-0.39, 0.29) is 5.69 Å². The van der Waals surface area contributed by atoms with Crippen molar-refractivity contribution >= 4 is 17.7 Å². The third-order valence-electron chi connectivity index (χ3n) is 6.14. The normalized spacial score (nSPS) is 12.2. The fourth-order valence-electron chi connectivity index (χ4n) is 4.36. The van der Waals surface area contributed by atoms with E-state index in [9.17, 15) is 14.9 Å². The zero-order valence-corrected chi connectivity index (χ0v) is 20.4. The van der Waals surface area contributed by atoms with Crippen LogP contribution in [0.4, 0.5) is 5.69 Å². The standard InChI is InChI=1S/C30H27N3O4/c1-37-29(34)28(19-11-18-26-20-21-27(22-31-26)33(35)36)32-30(23-12-5-2-6-13-23,24-14-7-3-8-15-24)25-16-9-4-10-17-25/h2-18,20-22,28,32H,19H2,1H3/b18-11+/t28-/m0/s1. The fourth-order valence-corrected chi connectivity index (χ4v) is 4.36. The van der Waals surface area contributed by atoms with Crippen LogP contribution in [-0.4, -0.2) is 29.0 Å². The van der Waals surface area contributed by atoms with Crippen molar-refractivity contribution in [1.82, 2.24) is 10.3 Å². The number of methoxy groups -OCH3 is 1. The summed E-state index contributed by atoms with van der Waals surface area (Å²) in [7, 11) is 1.37. The first-order valence-electron chi connectivity index (χ1n) is 11.8. The third kappa shape index (κ3) is 5.79. The van der Waals surface area contributed by atoms with E-state index in [1.807, 2.05) is 97.1 Å². The van der Waals surface area contributed by atoms with E-state index >= 15 is 0 Å². The van der Waals surface area contributed by atoms with Gasteiger partial charge in [0.05, 0.1) is 23.3 Å². The highest BCUT2D eigenvalue weighted by Crippen LogP contribution is 2.37. The summed E-state index contributed by atoms with van der Waals surface area (Å²) in [6, 6.07) is 32.2. The van der Waals surface area contributed by atoms with E-state index in [4.69, 9.17) is 4.74 Å². The fraction of sp³-hybridized carbons (Fsp3) is 0.133. The highest BCUT2D eigenvalue weighted by molar-refractivity contribution is 5.76. The first-order valence-corrected chi connectivity index (χ1v) is 11.8. The molecule has 0 aliphatic rings. The van der Waals surface area contributed by atoms with Crippen molar-refractivity contribution in [2.45, 2.75) is 18.0 Å². The average molecular weight is 494 g/mol. The molecule has 0 spiro atoms. The summed E-state index contributed by atoms with van der Waals surface area (Å²) in [5.74, 6) is -0.409. The first kappa shape index (κ1) is 25.5. The van der Waals surface area contributed by atoms with Crippen LogP contribution < -0.4 is 5.32 Å². The van der Waals surface area contributed by atoms with Gasteiger partial charge in [0.15, 0.2) is 0 Å². The van der Waals surface area contributed by atoms with Crippen molar-refractivity contribution in [1.29, 1.82) is 0 Å². The molecule has 0 aliphatic carbocycles. The summed E-state index contributed by atoms with van der Waals surface area (Å²) in [4.78, 5) is 27.6. The highest BCUT2D eigenvalue weighted by atomic mass is 16.6. The Kier molecular flexibility index (Phi) is 8.18. The molecule has 37 heavy (non-hydrogen) atoms. The molecular formula is C30H27N3O4. The molecule has 0 radical (unpaired) electrons. The van der Waals surface area contributed by atoms with Gasteiger partial charge in [-0.1, -0.05) is 97.1 Å². The summed E-state index contributed by atoms with van der Waals surface area (Å²) >= 11 is 0. The number of carbonyl (C=O) groups is 1. The minimum atomic E-state index is -0.845. The second-order valence-corrected chi connectivity index (χ2v) is 8.40. The number of rotatable bonds is 10. The number of nitro groups is 1. The van der Waals surface area contributed by atoms with Crippen LogP contribution >= 0.6 is 0 Å². The molecule has 0 aliphatic heterocycles. The number of aromatic nitrogens is 1. The van der Waals surface area contributed by atoms with Crippen molar-refractivity contribution < 1.29 is 14.5 Å². The smallest absolute Gasteiger partial charge is 0.323 e. The van der Waals surface area contributed by atoms with Crippen LogP contribution in [0.15, 0.2) is 115 Å². The number of hydrogen-bond acceptors (Lipinski definition) is 6. The van der Waals surface area contributed by atoms with E-state index in [1.54, 1.807) is 12.1 Å². The van der Waals surface area contributed by atoms with Gasteiger partial charge in [-0.25, -0.2) is 4.98 Å². The van der Waals surface area contributed by atoms with E-state index < -0.39 is 22.5 Å². The summed E-state index contributed by atoms with van der Waals surface area (Å²) < 4.78 is 5.18. The van der Waals surface area contributed by atoms with Crippen LogP contribution in [0, 0.1) is 10.1 Å². The van der Waals surface area contributed by atoms with Crippen molar-refractivity contribution in [3.05, 3.63) is 148 Å². The van der Waals surface area contributed by atoms with E-state index in [0.717, 1.165) is 16.7 Å². The quantitative estimate of drug-likeness (QED) is 0.135. The summed E-state index contributed by atoms with van der Waals surface area (Å²) in [6.07, 6.45) is 5.06. The van der Waals surface area contributed by atoms with Crippen molar-refractivity contribution in [3.8, 4) is 0 Å². The SMILES string of the molecule is COC(=O)[C@H](C/C=C/c1ccc([N+](=O)[O-])cn1)NC(c1ccccc1)(c1ccccc1)c1ccccc1. The van der Waals surface area contributed by atoms with Gasteiger partial charge < -0.3 is 4.74 Å². The molecule has 0 saturated carbocycles. The number of nitrogens with one attached hydrogen (secondary N) is 1. The van der Waals surface area contributed by atoms with Gasteiger partial charge in [0.25, 0.3) is 5.69 Å². The van der Waals surface area contributed by atoms with E-state index in [2.05, 4.69) is 10.3 Å². The maximum Gasteiger partial charge on any atom is 0.323 e. The lowest BCUT2D eigenvalue weighted by atomic mass is 9.76. The molecule has 1 atom stereocenters. The van der Waals surface area contributed by atoms with Crippen LogP contribution in [0.2, 0.25) is 0 Å². The Bertz CT molecular complexity index is 1250. The monoisotopic (exact) mass is 493 g/mol. The molecule has 4 rings (SSSR count). The minimum Gasteiger partial charge on any atom is -0.468 e. The van der Waals surface area contributed by atoms with Gasteiger partial charge in [0.2, 0.25) is 0 Å². The topological polar surface area (TPSA) is 94.4 Å². The Labute approximate surface area is 215 Å². The van der Waals surface area contributed by atoms with Gasteiger partial charge in [-0.15, -0.1) is 0 Å². The molecular weight excluding hydrogens is 466 g/mol. The van der Waals surface area contributed by atoms with Gasteiger partial charge in [0.1, 0.15) is 12.2 Å². The van der Waals surface area contributed by atoms with Gasteiger partial charge in [-0.3, -0.25) is 20.2 Å². The molecule has 0 amide bonds. The van der Waals surface area contributed by atoms with Gasteiger partial charge >= 0.3 is 5.97 Å². The molecule has 1 N–H and O–H groups in total. The highest BCUT2D eigenvalue weighted by Gasteiger charge is 2.39. The number of carbonyl (C=O) groups excluding carboxylic acids is 1. The molecule has 0 saturated heterocycles. The minimum absolute atomic E-state index is 0.0791. The summed E-state index contributed by atoms with van der Waals surface area (Å²) in [5.41, 5.74) is 2.55. The molecule has 0 fully saturated rings. The van der Waals surface area contributed by atoms with Crippen molar-refractivity contribution in [2.24, 2.45) is 0 Å². The number of pyridine rings is 1. The number of hydrogen-bond donors (Lipinski definition) is 1. The molecule has 1 aromatic heterocycles. The molecule has 4 aromatic rings. The molecule has 7 nitrogen and oxygen atoms in total. The predicted molar refractivity (Wildman–Crippen MR) is 143 cm³/mol. The Morgan fingerprint density at radius 3 is 1.84 bits per heavy atom. The lowest BCUT2D eigenvalue weighted by molar-refractivity contribution is -0.385. The van der Waals surface area contributed by atoms with Gasteiger partial charge in [-0.2, -0.15) is 0 Å². The number of ether oxygens (including phenoxy) is 1. The second-order valence-electron chi connectivity index (χ2n) is 8.40. The largest absolute Gasteiger partial charge is 0.468 e. The molecule has 186 valence electrons. The third-order valence-corrected chi connectivity index (χ3v) is 6.14. The summed E-state index contributed by atoms with van der Waals surface area (Å²) in [6.45, 7) is 0. The molecule has 1 heterocycles. The molecule has 0 bridgehead atoms. The average Bonchev–Trinajstić information content (AvgIpc) is 2.96. The van der Waals surface area contributed by atoms with Crippen LogP contribution in [0.25, 0.3) is 6.08 Å². The van der Waals surface area contributed by atoms with Crippen LogP contribution in [0.3, 0.4) is 0 Å². The maximum atomic E-state index is 13.0. The van der Waals surface area contributed by atoms with E-state index in [0.29, 0.717) is 12.1 Å². The van der Waals surface area contributed by atoms with E-state index in [1.165, 1.54) is 19.4 Å². The Balaban J connectivity index is 1.75. The number of benzene rings is 3. The van der Waals surface area contributed by atoms with Gasteiger partial charge in [0, 0.05) is 6.07 Å². The molecule has 3 aromatic carbocycles. The number of esters is 1. The van der Waals surface area contributed by atoms with Gasteiger partial charge in [-0.05, 0) is 35.3 Å². The predicted octanol–water partition coefficient (Wildman–Crippen LogP) is 5.52. The summed E-state index contributed by atoms with van der Waals surface area (Å²) in [5, 5.41) is 14.5. The Hall–Kier alpha value is -4.62. The lowest BCUT2D eigenvalue weighted by Gasteiger charge is -2.39.